The molecule has 3 nitrogen and oxygen atoms in total. The third-order valence-corrected chi connectivity index (χ3v) is 10.6. The molecular formula is C44H28N2OS. The van der Waals surface area contributed by atoms with Crippen LogP contribution in [0.2, 0.25) is 0 Å². The molecule has 0 aliphatic carbocycles. The van der Waals surface area contributed by atoms with Crippen molar-refractivity contribution in [3.63, 3.8) is 0 Å². The van der Waals surface area contributed by atoms with Gasteiger partial charge >= 0.3 is 0 Å². The fraction of sp³-hybridized carbons (Fsp3) is 0. The molecule has 2 heterocycles. The number of hydrogen-bond acceptors (Lipinski definition) is 4. The van der Waals surface area contributed by atoms with Crippen molar-refractivity contribution in [1.82, 2.24) is 0 Å². The molecule has 0 unspecified atom stereocenters. The third kappa shape index (κ3) is 4.23. The van der Waals surface area contributed by atoms with E-state index in [2.05, 4.69) is 180 Å². The molecule has 0 atom stereocenters. The highest BCUT2D eigenvalue weighted by Crippen LogP contribution is 2.56. The zero-order chi connectivity index (χ0) is 31.6. The molecule has 0 fully saturated rings. The molecule has 8 aromatic rings. The predicted octanol–water partition coefficient (Wildman–Crippen LogP) is 13.2. The number of fused-ring (bicyclic) bond motifs is 8. The summed E-state index contributed by atoms with van der Waals surface area (Å²) in [5, 5.41) is 4.80. The topological polar surface area (TPSA) is 15.7 Å². The van der Waals surface area contributed by atoms with Gasteiger partial charge in [-0.15, -0.1) is 0 Å². The Labute approximate surface area is 283 Å². The summed E-state index contributed by atoms with van der Waals surface area (Å²) >= 11 is 1.86. The van der Waals surface area contributed by atoms with Crippen LogP contribution in [0.25, 0.3) is 32.7 Å². The van der Waals surface area contributed by atoms with Gasteiger partial charge in [0.15, 0.2) is 11.5 Å². The van der Waals surface area contributed by atoms with Crippen LogP contribution in [-0.4, -0.2) is 0 Å². The molecule has 0 amide bonds. The summed E-state index contributed by atoms with van der Waals surface area (Å²) in [4.78, 5) is 7.26. The van der Waals surface area contributed by atoms with Gasteiger partial charge in [-0.25, -0.2) is 0 Å². The maximum atomic E-state index is 6.72. The second-order valence-electron chi connectivity index (χ2n) is 12.2. The van der Waals surface area contributed by atoms with E-state index in [-0.39, 0.29) is 0 Å². The van der Waals surface area contributed by atoms with Crippen LogP contribution < -0.4 is 14.5 Å². The zero-order valence-corrected chi connectivity index (χ0v) is 26.7. The Balaban J connectivity index is 1.13. The van der Waals surface area contributed by atoms with Crippen molar-refractivity contribution < 1.29 is 4.74 Å². The second kappa shape index (κ2) is 10.8. The Bertz CT molecular complexity index is 2350. The molecule has 4 heteroatoms. The minimum absolute atomic E-state index is 0.840. The highest BCUT2D eigenvalue weighted by molar-refractivity contribution is 8.00. The van der Waals surface area contributed by atoms with Gasteiger partial charge in [-0.2, -0.15) is 0 Å². The zero-order valence-electron chi connectivity index (χ0n) is 25.9. The number of nitrogens with zero attached hydrogens (tertiary/aromatic N) is 2. The monoisotopic (exact) mass is 632 g/mol. The maximum Gasteiger partial charge on any atom is 0.159 e. The molecule has 0 saturated heterocycles. The van der Waals surface area contributed by atoms with Crippen LogP contribution in [0.15, 0.2) is 180 Å². The fourth-order valence-electron chi connectivity index (χ4n) is 7.14. The van der Waals surface area contributed by atoms with E-state index in [0.717, 1.165) is 56.1 Å². The van der Waals surface area contributed by atoms with E-state index >= 15 is 0 Å². The first-order valence-corrected chi connectivity index (χ1v) is 17.0. The van der Waals surface area contributed by atoms with E-state index in [1.807, 2.05) is 11.8 Å². The van der Waals surface area contributed by atoms with Crippen molar-refractivity contribution in [3.05, 3.63) is 170 Å². The van der Waals surface area contributed by atoms with Crippen LogP contribution in [0, 0.1) is 0 Å². The van der Waals surface area contributed by atoms with E-state index < -0.39 is 0 Å². The van der Waals surface area contributed by atoms with Gasteiger partial charge in [0.1, 0.15) is 0 Å². The normalized spacial score (nSPS) is 13.0. The van der Waals surface area contributed by atoms with Gasteiger partial charge < -0.3 is 14.5 Å². The molecule has 2 aliphatic rings. The van der Waals surface area contributed by atoms with Crippen LogP contribution in [0.1, 0.15) is 0 Å². The molecule has 0 bridgehead atoms. The quantitative estimate of drug-likeness (QED) is 0.192. The van der Waals surface area contributed by atoms with Crippen LogP contribution in [0.4, 0.5) is 34.1 Å². The first-order chi connectivity index (χ1) is 23.8. The van der Waals surface area contributed by atoms with Crippen molar-refractivity contribution in [2.45, 2.75) is 9.79 Å². The average Bonchev–Trinajstić information content (AvgIpc) is 3.16. The second-order valence-corrected chi connectivity index (χ2v) is 13.2. The van der Waals surface area contributed by atoms with Gasteiger partial charge in [-0.3, -0.25) is 0 Å². The Morgan fingerprint density at radius 2 is 0.979 bits per heavy atom. The lowest BCUT2D eigenvalue weighted by Gasteiger charge is -2.35. The Hall–Kier alpha value is -5.97. The summed E-state index contributed by atoms with van der Waals surface area (Å²) in [6.45, 7) is 0. The third-order valence-electron chi connectivity index (χ3n) is 9.39. The number of hydrogen-bond donors (Lipinski definition) is 0. The standard InChI is InChI=1S/C44H28N2OS/c1-3-13-33(14-4-1)45-37-23-19-29-11-7-9-17-35(29)43(37)47-41-25-21-31(27-39(41)45)32-22-26-42-40(28-32)46(34-15-5-2-6-16-34)38-24-20-30-12-8-10-18-36(30)44(38)48-42/h1-28H. The Kier molecular flexibility index (Phi) is 6.11. The minimum Gasteiger partial charge on any atom is -0.452 e. The summed E-state index contributed by atoms with van der Waals surface area (Å²) in [5.41, 5.74) is 8.95. The lowest BCUT2D eigenvalue weighted by atomic mass is 10.00. The predicted molar refractivity (Wildman–Crippen MR) is 200 cm³/mol. The number of benzene rings is 8. The highest BCUT2D eigenvalue weighted by atomic mass is 32.2. The van der Waals surface area contributed by atoms with Crippen LogP contribution in [0.5, 0.6) is 11.5 Å². The first kappa shape index (κ1) is 27.2. The number of rotatable bonds is 3. The molecule has 0 spiro atoms. The van der Waals surface area contributed by atoms with Gasteiger partial charge in [-0.1, -0.05) is 121 Å². The average molecular weight is 633 g/mol. The maximum absolute atomic E-state index is 6.72. The lowest BCUT2D eigenvalue weighted by Crippen LogP contribution is -2.16. The van der Waals surface area contributed by atoms with Crippen molar-refractivity contribution in [3.8, 4) is 22.6 Å². The van der Waals surface area contributed by atoms with Gasteiger partial charge in [0, 0.05) is 26.6 Å². The molecule has 0 aromatic heterocycles. The smallest absolute Gasteiger partial charge is 0.159 e. The molecule has 0 saturated carbocycles. The van der Waals surface area contributed by atoms with E-state index in [0.29, 0.717) is 0 Å². The molecular weight excluding hydrogens is 605 g/mol. The Morgan fingerprint density at radius 1 is 0.417 bits per heavy atom. The minimum atomic E-state index is 0.840. The summed E-state index contributed by atoms with van der Waals surface area (Å²) in [5.74, 6) is 1.72. The van der Waals surface area contributed by atoms with Crippen molar-refractivity contribution in [1.29, 1.82) is 0 Å². The van der Waals surface area contributed by atoms with Crippen LogP contribution in [-0.2, 0) is 0 Å². The number of anilines is 6. The molecule has 0 N–H and O–H groups in total. The molecule has 0 radical (unpaired) electrons. The lowest BCUT2D eigenvalue weighted by molar-refractivity contribution is 0.482. The first-order valence-electron chi connectivity index (χ1n) is 16.2. The van der Waals surface area contributed by atoms with E-state index in [9.17, 15) is 0 Å². The summed E-state index contributed by atoms with van der Waals surface area (Å²) in [6.07, 6.45) is 0. The summed E-state index contributed by atoms with van der Waals surface area (Å²) in [7, 11) is 0. The van der Waals surface area contributed by atoms with Gasteiger partial charge in [0.25, 0.3) is 0 Å². The van der Waals surface area contributed by atoms with Crippen LogP contribution in [0.3, 0.4) is 0 Å². The highest BCUT2D eigenvalue weighted by Gasteiger charge is 2.29. The molecule has 2 aliphatic heterocycles. The van der Waals surface area contributed by atoms with Gasteiger partial charge in [-0.05, 0) is 87.9 Å². The van der Waals surface area contributed by atoms with Gasteiger partial charge in [0.05, 0.1) is 22.7 Å². The van der Waals surface area contributed by atoms with E-state index in [1.165, 1.54) is 31.9 Å². The molecule has 48 heavy (non-hydrogen) atoms. The summed E-state index contributed by atoms with van der Waals surface area (Å²) < 4.78 is 6.72. The Morgan fingerprint density at radius 3 is 1.71 bits per heavy atom. The van der Waals surface area contributed by atoms with E-state index in [4.69, 9.17) is 4.74 Å². The van der Waals surface area contributed by atoms with Crippen molar-refractivity contribution in [2.75, 3.05) is 9.80 Å². The molecule has 10 rings (SSSR count). The van der Waals surface area contributed by atoms with Crippen LogP contribution >= 0.6 is 11.8 Å². The SMILES string of the molecule is c1ccc(N2c3cc(-c4ccc5c(c4)N(c4ccccc4)c4ccc6ccccc6c4S5)ccc3Oc3c2ccc2ccccc32)cc1. The van der Waals surface area contributed by atoms with Gasteiger partial charge in [0.2, 0.25) is 0 Å². The largest absolute Gasteiger partial charge is 0.452 e. The molecule has 226 valence electrons. The number of ether oxygens (including phenoxy) is 1. The molecule has 8 aromatic carbocycles. The van der Waals surface area contributed by atoms with E-state index in [1.54, 1.807) is 0 Å². The van der Waals surface area contributed by atoms with Crippen molar-refractivity contribution >= 4 is 67.4 Å². The van der Waals surface area contributed by atoms with Crippen molar-refractivity contribution in [2.24, 2.45) is 0 Å². The summed E-state index contributed by atoms with van der Waals surface area (Å²) in [6, 6.07) is 60.7. The number of para-hydroxylation sites is 2. The fourth-order valence-corrected chi connectivity index (χ4v) is 8.31.